The number of nitrogens with one attached hydrogen (secondary N) is 1. The molecule has 3 unspecified atom stereocenters. The lowest BCUT2D eigenvalue weighted by Gasteiger charge is -2.39. The summed E-state index contributed by atoms with van der Waals surface area (Å²) in [6.45, 7) is 8.16. The van der Waals surface area contributed by atoms with Gasteiger partial charge in [0.15, 0.2) is 0 Å². The van der Waals surface area contributed by atoms with Gasteiger partial charge in [0.2, 0.25) is 0 Å². The summed E-state index contributed by atoms with van der Waals surface area (Å²) in [4.78, 5) is 2.70. The lowest BCUT2D eigenvalue weighted by molar-refractivity contribution is 0.0732. The normalized spacial score (nSPS) is 33.5. The first-order valence-corrected chi connectivity index (χ1v) is 8.28. The Morgan fingerprint density at radius 3 is 2.79 bits per heavy atom. The van der Waals surface area contributed by atoms with Crippen LogP contribution in [0, 0.1) is 11.8 Å². The summed E-state index contributed by atoms with van der Waals surface area (Å²) < 4.78 is 5.34. The van der Waals surface area contributed by atoms with E-state index < -0.39 is 0 Å². The second kappa shape index (κ2) is 8.23. The van der Waals surface area contributed by atoms with E-state index in [-0.39, 0.29) is 0 Å². The summed E-state index contributed by atoms with van der Waals surface area (Å²) >= 11 is 0. The van der Waals surface area contributed by atoms with E-state index in [9.17, 15) is 0 Å². The molecule has 112 valence electrons. The molecule has 0 radical (unpaired) electrons. The van der Waals surface area contributed by atoms with Gasteiger partial charge >= 0.3 is 0 Å². The van der Waals surface area contributed by atoms with Crippen molar-refractivity contribution < 1.29 is 4.74 Å². The van der Waals surface area contributed by atoms with E-state index in [1.807, 2.05) is 7.11 Å². The van der Waals surface area contributed by atoms with E-state index in [2.05, 4.69) is 17.1 Å². The number of rotatable bonds is 6. The Labute approximate surface area is 119 Å². The zero-order valence-corrected chi connectivity index (χ0v) is 12.9. The molecule has 3 heteroatoms. The van der Waals surface area contributed by atoms with E-state index in [4.69, 9.17) is 4.74 Å². The SMILES string of the molecule is CCNC1CCCCC1CN1CCCC(COC)C1. The monoisotopic (exact) mass is 268 g/mol. The molecule has 1 aliphatic carbocycles. The molecule has 2 aliphatic rings. The number of hydrogen-bond donors (Lipinski definition) is 1. The van der Waals surface area contributed by atoms with Crippen LogP contribution >= 0.6 is 0 Å². The number of nitrogens with zero attached hydrogens (tertiary/aromatic N) is 1. The maximum absolute atomic E-state index is 5.34. The average molecular weight is 268 g/mol. The van der Waals surface area contributed by atoms with Gasteiger partial charge in [-0.2, -0.15) is 0 Å². The minimum Gasteiger partial charge on any atom is -0.384 e. The quantitative estimate of drug-likeness (QED) is 0.801. The zero-order valence-electron chi connectivity index (χ0n) is 12.9. The van der Waals surface area contributed by atoms with Gasteiger partial charge in [-0.05, 0) is 50.6 Å². The predicted molar refractivity (Wildman–Crippen MR) is 80.5 cm³/mol. The molecule has 19 heavy (non-hydrogen) atoms. The minimum atomic E-state index is 0.764. The number of ether oxygens (including phenoxy) is 1. The molecule has 3 nitrogen and oxygen atoms in total. The van der Waals surface area contributed by atoms with Crippen molar-refractivity contribution in [3.63, 3.8) is 0 Å². The van der Waals surface area contributed by atoms with Gasteiger partial charge in [0.05, 0.1) is 6.61 Å². The third-order valence-corrected chi connectivity index (χ3v) is 4.87. The van der Waals surface area contributed by atoms with Crippen molar-refractivity contribution in [3.05, 3.63) is 0 Å². The molecule has 1 N–H and O–H groups in total. The van der Waals surface area contributed by atoms with Crippen LogP contribution in [-0.4, -0.2) is 50.8 Å². The highest BCUT2D eigenvalue weighted by Crippen LogP contribution is 2.27. The van der Waals surface area contributed by atoms with Gasteiger partial charge in [0.25, 0.3) is 0 Å². The Balaban J connectivity index is 1.80. The minimum absolute atomic E-state index is 0.764. The van der Waals surface area contributed by atoms with Crippen molar-refractivity contribution in [3.8, 4) is 0 Å². The van der Waals surface area contributed by atoms with E-state index in [1.165, 1.54) is 58.2 Å². The van der Waals surface area contributed by atoms with Crippen LogP contribution < -0.4 is 5.32 Å². The Hall–Kier alpha value is -0.120. The third kappa shape index (κ3) is 4.73. The molecule has 0 bridgehead atoms. The second-order valence-electron chi connectivity index (χ2n) is 6.43. The number of hydrogen-bond acceptors (Lipinski definition) is 3. The summed E-state index contributed by atoms with van der Waals surface area (Å²) in [5, 5.41) is 3.71. The molecule has 3 atom stereocenters. The van der Waals surface area contributed by atoms with Crippen molar-refractivity contribution >= 4 is 0 Å². The van der Waals surface area contributed by atoms with Gasteiger partial charge < -0.3 is 15.0 Å². The standard InChI is InChI=1S/C16H32N2O/c1-3-17-16-9-5-4-8-15(16)12-18-10-6-7-14(11-18)13-19-2/h14-17H,3-13H2,1-2H3. The maximum Gasteiger partial charge on any atom is 0.0502 e. The highest BCUT2D eigenvalue weighted by Gasteiger charge is 2.28. The summed E-state index contributed by atoms with van der Waals surface area (Å²) in [6.07, 6.45) is 8.36. The first-order valence-electron chi connectivity index (χ1n) is 8.28. The Morgan fingerprint density at radius 2 is 2.00 bits per heavy atom. The van der Waals surface area contributed by atoms with Crippen LogP contribution in [0.25, 0.3) is 0 Å². The molecule has 0 aromatic heterocycles. The fraction of sp³-hybridized carbons (Fsp3) is 1.00. The first kappa shape index (κ1) is 15.3. The molecule has 2 rings (SSSR count). The van der Waals surface area contributed by atoms with Crippen molar-refractivity contribution in [2.45, 2.75) is 51.5 Å². The zero-order chi connectivity index (χ0) is 13.5. The number of methoxy groups -OCH3 is 1. The highest BCUT2D eigenvalue weighted by molar-refractivity contribution is 4.84. The number of piperidine rings is 1. The maximum atomic E-state index is 5.34. The van der Waals surface area contributed by atoms with Gasteiger partial charge in [-0.15, -0.1) is 0 Å². The molecule has 1 saturated carbocycles. The van der Waals surface area contributed by atoms with E-state index in [1.54, 1.807) is 0 Å². The summed E-state index contributed by atoms with van der Waals surface area (Å²) in [7, 11) is 1.83. The largest absolute Gasteiger partial charge is 0.384 e. The van der Waals surface area contributed by atoms with E-state index >= 15 is 0 Å². The predicted octanol–water partition coefficient (Wildman–Crippen LogP) is 2.51. The van der Waals surface area contributed by atoms with Crippen LogP contribution in [0.3, 0.4) is 0 Å². The lowest BCUT2D eigenvalue weighted by atomic mass is 9.83. The fourth-order valence-corrected chi connectivity index (χ4v) is 3.98. The first-order chi connectivity index (χ1) is 9.33. The van der Waals surface area contributed by atoms with Crippen LogP contribution in [0.2, 0.25) is 0 Å². The molecular weight excluding hydrogens is 236 g/mol. The van der Waals surface area contributed by atoms with Gasteiger partial charge in [-0.1, -0.05) is 19.8 Å². The van der Waals surface area contributed by atoms with Crippen molar-refractivity contribution in [1.82, 2.24) is 10.2 Å². The highest BCUT2D eigenvalue weighted by atomic mass is 16.5. The van der Waals surface area contributed by atoms with Crippen LogP contribution in [0.15, 0.2) is 0 Å². The average Bonchev–Trinajstić information content (AvgIpc) is 2.42. The Morgan fingerprint density at radius 1 is 1.16 bits per heavy atom. The Bertz CT molecular complexity index is 243. The van der Waals surface area contributed by atoms with Gasteiger partial charge in [-0.25, -0.2) is 0 Å². The molecule has 0 spiro atoms. The van der Waals surface area contributed by atoms with Crippen LogP contribution in [0.1, 0.15) is 45.4 Å². The molecule has 1 heterocycles. The van der Waals surface area contributed by atoms with Gasteiger partial charge in [-0.3, -0.25) is 0 Å². The fourth-order valence-electron chi connectivity index (χ4n) is 3.98. The molecule has 2 fully saturated rings. The smallest absolute Gasteiger partial charge is 0.0502 e. The molecular formula is C16H32N2O. The van der Waals surface area contributed by atoms with Crippen molar-refractivity contribution in [1.29, 1.82) is 0 Å². The molecule has 0 amide bonds. The van der Waals surface area contributed by atoms with E-state index in [0.717, 1.165) is 31.0 Å². The van der Waals surface area contributed by atoms with Crippen LogP contribution in [0.4, 0.5) is 0 Å². The summed E-state index contributed by atoms with van der Waals surface area (Å²) in [5.41, 5.74) is 0. The van der Waals surface area contributed by atoms with Gasteiger partial charge in [0, 0.05) is 26.2 Å². The lowest BCUT2D eigenvalue weighted by Crippen LogP contribution is -2.47. The molecule has 0 aromatic rings. The second-order valence-corrected chi connectivity index (χ2v) is 6.43. The van der Waals surface area contributed by atoms with Crippen molar-refractivity contribution in [2.75, 3.05) is 39.9 Å². The number of likely N-dealkylation sites (tertiary alicyclic amines) is 1. The summed E-state index contributed by atoms with van der Waals surface area (Å²) in [6, 6.07) is 0.765. The van der Waals surface area contributed by atoms with Crippen LogP contribution in [-0.2, 0) is 4.74 Å². The van der Waals surface area contributed by atoms with Crippen LogP contribution in [0.5, 0.6) is 0 Å². The Kier molecular flexibility index (Phi) is 6.62. The topological polar surface area (TPSA) is 24.5 Å². The molecule has 0 aromatic carbocycles. The summed E-state index contributed by atoms with van der Waals surface area (Å²) in [5.74, 6) is 1.63. The molecule has 1 aliphatic heterocycles. The van der Waals surface area contributed by atoms with Crippen molar-refractivity contribution in [2.24, 2.45) is 11.8 Å². The van der Waals surface area contributed by atoms with E-state index in [0.29, 0.717) is 0 Å². The van der Waals surface area contributed by atoms with Gasteiger partial charge in [0.1, 0.15) is 0 Å². The third-order valence-electron chi connectivity index (χ3n) is 4.87. The molecule has 1 saturated heterocycles.